The summed E-state index contributed by atoms with van der Waals surface area (Å²) in [6.45, 7) is 18.4. The normalized spacial score (nSPS) is 40.1. The number of carbonyl (C=O) groups is 1. The maximum absolute atomic E-state index is 14.0. The summed E-state index contributed by atoms with van der Waals surface area (Å²) in [7, 11) is 5.40. The van der Waals surface area contributed by atoms with Crippen LogP contribution in [-0.2, 0) is 39.9 Å². The maximum Gasteiger partial charge on any atom is 0.311 e. The summed E-state index contributed by atoms with van der Waals surface area (Å²) >= 11 is 6.40. The second-order valence-corrected chi connectivity index (χ2v) is 16.1. The number of aliphatic hydroxyl groups excluding tert-OH is 2. The first-order valence-electron chi connectivity index (χ1n) is 18.8. The van der Waals surface area contributed by atoms with E-state index in [1.807, 2.05) is 64.9 Å². The van der Waals surface area contributed by atoms with E-state index in [2.05, 4.69) is 11.7 Å². The lowest BCUT2D eigenvalue weighted by Crippen LogP contribution is -2.60. The molecule has 0 unspecified atom stereocenters. The van der Waals surface area contributed by atoms with Crippen molar-refractivity contribution in [3.05, 3.63) is 47.5 Å². The quantitative estimate of drug-likeness (QED) is 0.151. The third kappa shape index (κ3) is 10.8. The Morgan fingerprint density at radius 1 is 1.11 bits per heavy atom. The van der Waals surface area contributed by atoms with Crippen LogP contribution in [0.1, 0.15) is 80.2 Å². The number of benzene rings is 1. The minimum absolute atomic E-state index is 0.0664. The molecular formula is C40H65ClN2O10. The molecule has 2 fully saturated rings. The van der Waals surface area contributed by atoms with Crippen molar-refractivity contribution in [2.24, 2.45) is 28.8 Å². The van der Waals surface area contributed by atoms with Crippen LogP contribution in [0.15, 0.2) is 42.1 Å². The van der Waals surface area contributed by atoms with Crippen LogP contribution in [-0.4, -0.2) is 120 Å². The first kappa shape index (κ1) is 45.3. The average Bonchev–Trinajstić information content (AvgIpc) is 3.11. The van der Waals surface area contributed by atoms with E-state index in [-0.39, 0.29) is 38.2 Å². The zero-order chi connectivity index (χ0) is 39.8. The maximum atomic E-state index is 14.0. The number of halogens is 1. The van der Waals surface area contributed by atoms with Crippen LogP contribution in [0.2, 0.25) is 5.02 Å². The highest BCUT2D eigenvalue weighted by Crippen LogP contribution is 2.40. The van der Waals surface area contributed by atoms with E-state index in [1.54, 1.807) is 40.0 Å². The fourth-order valence-corrected chi connectivity index (χ4v) is 8.21. The Morgan fingerprint density at radius 3 is 2.36 bits per heavy atom. The summed E-state index contributed by atoms with van der Waals surface area (Å²) in [5.41, 5.74) is -1.82. The lowest BCUT2D eigenvalue weighted by atomic mass is 9.73. The number of carbonyl (C=O) groups excluding carboxylic acids is 1. The zero-order valence-corrected chi connectivity index (χ0v) is 34.3. The zero-order valence-electron chi connectivity index (χ0n) is 33.5. The van der Waals surface area contributed by atoms with Gasteiger partial charge in [0.05, 0.1) is 48.3 Å². The Balaban J connectivity index is 2.21. The lowest BCUT2D eigenvalue weighted by Gasteiger charge is -2.48. The second kappa shape index (κ2) is 19.6. The number of methoxy groups -OCH3 is 1. The molecule has 0 aromatic heterocycles. The number of rotatable bonds is 11. The molecule has 0 amide bonds. The summed E-state index contributed by atoms with van der Waals surface area (Å²) < 4.78 is 31.8. The van der Waals surface area contributed by atoms with Crippen LogP contribution >= 0.6 is 11.6 Å². The number of ether oxygens (including phenoxy) is 5. The average molecular weight is 769 g/mol. The number of hydrogen-bond donors (Lipinski definition) is 3. The summed E-state index contributed by atoms with van der Waals surface area (Å²) in [6.07, 6.45) is -3.63. The molecule has 0 spiro atoms. The number of likely N-dealkylation sites (N-methyl/N-ethyl adjacent to an activating group) is 1. The van der Waals surface area contributed by atoms with E-state index in [0.717, 1.165) is 5.56 Å². The molecule has 53 heavy (non-hydrogen) atoms. The van der Waals surface area contributed by atoms with Gasteiger partial charge in [-0.15, -0.1) is 6.58 Å². The van der Waals surface area contributed by atoms with Crippen molar-refractivity contribution in [3.8, 4) is 0 Å². The lowest BCUT2D eigenvalue weighted by molar-refractivity contribution is -0.302. The van der Waals surface area contributed by atoms with Gasteiger partial charge in [0.15, 0.2) is 6.29 Å². The highest BCUT2D eigenvalue weighted by Gasteiger charge is 2.52. The van der Waals surface area contributed by atoms with Gasteiger partial charge in [-0.1, -0.05) is 68.7 Å². The van der Waals surface area contributed by atoms with Gasteiger partial charge in [0.2, 0.25) is 0 Å². The molecule has 14 atom stereocenters. The Hall–Kier alpha value is -2.13. The van der Waals surface area contributed by atoms with E-state index in [9.17, 15) is 20.1 Å². The van der Waals surface area contributed by atoms with Gasteiger partial charge in [-0.05, 0) is 67.1 Å². The van der Waals surface area contributed by atoms with E-state index in [4.69, 9.17) is 40.1 Å². The van der Waals surface area contributed by atoms with Crippen molar-refractivity contribution in [1.29, 1.82) is 0 Å². The molecule has 3 rings (SSSR count). The first-order chi connectivity index (χ1) is 24.8. The fourth-order valence-electron chi connectivity index (χ4n) is 8.02. The molecule has 0 radical (unpaired) electrons. The van der Waals surface area contributed by atoms with Crippen molar-refractivity contribution in [2.75, 3.05) is 27.8 Å². The minimum Gasteiger partial charge on any atom is -0.459 e. The van der Waals surface area contributed by atoms with E-state index < -0.39 is 77.7 Å². The van der Waals surface area contributed by atoms with Crippen LogP contribution in [0.4, 0.5) is 0 Å². The number of nitrogens with zero attached hydrogens (tertiary/aromatic N) is 2. The standard InChI is InChI=1S/C40H65ClN2O10/c1-13-19-49-34-26(6)36(53-38-33(44)30(43(10)11)20-24(4)51-38)39(8,48-12)21-23(3)32(42-50-22-28-17-15-16-18-29(28)41)25(5)35(45)40(9,47)31(14-2)52-37(46)27(34)7/h13,15-18,23-27,30-31,33-36,38,44-45,47H,1,14,19-22H2,2-12H3/b42-32+/t23-,24-,25+,26+,27-,30+,31-,33-,34+,35-,36-,38+,39-,40-/m1/s1. The molecule has 2 heterocycles. The summed E-state index contributed by atoms with van der Waals surface area (Å²) in [5.74, 6) is -3.22. The predicted molar refractivity (Wildman–Crippen MR) is 204 cm³/mol. The van der Waals surface area contributed by atoms with E-state index in [1.165, 1.54) is 6.92 Å². The molecule has 1 aromatic rings. The number of oxime groups is 1. The van der Waals surface area contributed by atoms with Gasteiger partial charge < -0.3 is 48.7 Å². The number of cyclic esters (lactones) is 1. The topological polar surface area (TPSA) is 149 Å². The molecule has 12 nitrogen and oxygen atoms in total. The Bertz CT molecular complexity index is 1360. The summed E-state index contributed by atoms with van der Waals surface area (Å²) in [6, 6.07) is 7.04. The predicted octanol–water partition coefficient (Wildman–Crippen LogP) is 5.38. The highest BCUT2D eigenvalue weighted by atomic mass is 35.5. The van der Waals surface area contributed by atoms with Crippen molar-refractivity contribution in [1.82, 2.24) is 4.90 Å². The van der Waals surface area contributed by atoms with Crippen molar-refractivity contribution in [3.63, 3.8) is 0 Å². The van der Waals surface area contributed by atoms with Crippen LogP contribution in [0.3, 0.4) is 0 Å². The van der Waals surface area contributed by atoms with Gasteiger partial charge in [-0.2, -0.15) is 0 Å². The molecule has 1 aromatic carbocycles. The minimum atomic E-state index is -1.87. The fraction of sp³-hybridized carbons (Fsp3) is 0.750. The third-order valence-corrected chi connectivity index (χ3v) is 11.6. The monoisotopic (exact) mass is 768 g/mol. The van der Waals surface area contributed by atoms with Gasteiger partial charge in [0.25, 0.3) is 0 Å². The molecule has 0 aliphatic carbocycles. The van der Waals surface area contributed by atoms with Crippen LogP contribution in [0.5, 0.6) is 0 Å². The molecule has 13 heteroatoms. The van der Waals surface area contributed by atoms with E-state index >= 15 is 0 Å². The third-order valence-electron chi connectivity index (χ3n) is 11.3. The van der Waals surface area contributed by atoms with Crippen molar-refractivity contribution < 1.29 is 48.6 Å². The smallest absolute Gasteiger partial charge is 0.311 e. The Kier molecular flexibility index (Phi) is 16.8. The van der Waals surface area contributed by atoms with E-state index in [0.29, 0.717) is 17.2 Å². The van der Waals surface area contributed by atoms with Crippen LogP contribution in [0.25, 0.3) is 0 Å². The molecule has 0 saturated carbocycles. The van der Waals surface area contributed by atoms with Crippen molar-refractivity contribution >= 4 is 23.3 Å². The van der Waals surface area contributed by atoms with Gasteiger partial charge in [0, 0.05) is 41.5 Å². The molecule has 2 saturated heterocycles. The molecule has 2 aliphatic rings. The van der Waals surface area contributed by atoms with Gasteiger partial charge in [-0.25, -0.2) is 0 Å². The highest BCUT2D eigenvalue weighted by molar-refractivity contribution is 6.31. The molecule has 0 bridgehead atoms. The van der Waals surface area contributed by atoms with Gasteiger partial charge in [0.1, 0.15) is 24.4 Å². The Labute approximate surface area is 321 Å². The summed E-state index contributed by atoms with van der Waals surface area (Å²) in [5, 5.41) is 40.5. The van der Waals surface area contributed by atoms with Crippen LogP contribution in [0, 0.1) is 23.7 Å². The SMILES string of the molecule is C=CCO[C@H]1[C@H](C)[C@@H](O[C@@H]2O[C@H](C)C[C@H](N(C)C)[C@H]2O)[C@](C)(OC)C[C@@H](C)/C(=N\OCc2ccccc2Cl)[C@H](C)[C@@H](O)[C@](C)(O)[C@@H](CC)OC(=O)[C@@H]1C. The molecular weight excluding hydrogens is 704 g/mol. The first-order valence-corrected chi connectivity index (χ1v) is 19.2. The van der Waals surface area contributed by atoms with Gasteiger partial charge >= 0.3 is 5.97 Å². The largest absolute Gasteiger partial charge is 0.459 e. The van der Waals surface area contributed by atoms with Crippen LogP contribution < -0.4 is 0 Å². The van der Waals surface area contributed by atoms with Crippen molar-refractivity contribution in [2.45, 2.75) is 141 Å². The molecule has 3 N–H and O–H groups in total. The Morgan fingerprint density at radius 2 is 1.77 bits per heavy atom. The number of aliphatic hydroxyl groups is 3. The number of esters is 1. The van der Waals surface area contributed by atoms with Gasteiger partial charge in [-0.3, -0.25) is 4.79 Å². The molecule has 2 aliphatic heterocycles. The second-order valence-electron chi connectivity index (χ2n) is 15.7. The molecule has 302 valence electrons. The summed E-state index contributed by atoms with van der Waals surface area (Å²) in [4.78, 5) is 21.9. The number of hydrogen-bond acceptors (Lipinski definition) is 12.